The number of esters is 1. The van der Waals surface area contributed by atoms with E-state index in [9.17, 15) is 20.2 Å². The average Bonchev–Trinajstić information content (AvgIpc) is 3.00. The molecule has 0 aromatic heterocycles. The fraction of sp³-hybridized carbons (Fsp3) is 0.125. The molecule has 1 unspecified atom stereocenters. The Balaban J connectivity index is 1.42. The van der Waals surface area contributed by atoms with Gasteiger partial charge in [-0.25, -0.2) is 4.79 Å². The summed E-state index contributed by atoms with van der Waals surface area (Å²) >= 11 is 5.98. The Kier molecular flexibility index (Phi) is 8.46. The maximum absolute atomic E-state index is 12.7. The Bertz CT molecular complexity index is 1760. The standard InChI is InChI=1S/C32H24ClN3O7/c1-2-40-29-15-21(7-14-27(29)41-18-19-3-8-22(33)9-4-19)30-25-13-12-24(16-28(25)43-31(35)26(30)17-34)42-32(37)20-5-10-23(11-6-20)36(38)39/h3-16,30H,2,18,35H2,1H3. The molecule has 11 heteroatoms. The number of ether oxygens (including phenoxy) is 4. The third kappa shape index (κ3) is 6.37. The van der Waals surface area contributed by atoms with E-state index in [-0.39, 0.29) is 28.5 Å². The SMILES string of the molecule is CCOc1cc(C2C(C#N)=C(N)Oc3cc(OC(=O)c4ccc([N+](=O)[O-])cc4)ccc32)ccc1OCc1ccc(Cl)cc1. The molecule has 2 N–H and O–H groups in total. The number of nitrogens with zero attached hydrogens (tertiary/aromatic N) is 2. The second-order valence-corrected chi connectivity index (χ2v) is 9.81. The monoisotopic (exact) mass is 597 g/mol. The van der Waals surface area contributed by atoms with Gasteiger partial charge < -0.3 is 24.7 Å². The van der Waals surface area contributed by atoms with Crippen molar-refractivity contribution in [2.75, 3.05) is 6.61 Å². The number of nitro benzene ring substituents is 1. The van der Waals surface area contributed by atoms with Crippen LogP contribution in [-0.4, -0.2) is 17.5 Å². The van der Waals surface area contributed by atoms with Gasteiger partial charge in [0, 0.05) is 28.8 Å². The summed E-state index contributed by atoms with van der Waals surface area (Å²) in [7, 11) is 0. The van der Waals surface area contributed by atoms with Crippen molar-refractivity contribution in [1.82, 2.24) is 0 Å². The molecular weight excluding hydrogens is 574 g/mol. The van der Waals surface area contributed by atoms with Crippen LogP contribution in [0.1, 0.15) is 39.9 Å². The van der Waals surface area contributed by atoms with Gasteiger partial charge in [-0.15, -0.1) is 0 Å². The smallest absolute Gasteiger partial charge is 0.343 e. The number of carbonyl (C=O) groups is 1. The summed E-state index contributed by atoms with van der Waals surface area (Å²) in [5.41, 5.74) is 8.63. The number of hydrogen-bond donors (Lipinski definition) is 1. The van der Waals surface area contributed by atoms with E-state index in [2.05, 4.69) is 6.07 Å². The summed E-state index contributed by atoms with van der Waals surface area (Å²) in [5.74, 6) is 0.0893. The lowest BCUT2D eigenvalue weighted by Gasteiger charge is -2.27. The molecule has 5 rings (SSSR count). The summed E-state index contributed by atoms with van der Waals surface area (Å²) in [6.45, 7) is 2.55. The number of nitrogens with two attached hydrogens (primary N) is 1. The van der Waals surface area contributed by atoms with Gasteiger partial charge in [0.1, 0.15) is 29.7 Å². The van der Waals surface area contributed by atoms with Gasteiger partial charge in [-0.3, -0.25) is 10.1 Å². The molecule has 0 saturated heterocycles. The number of non-ortho nitro benzene ring substituents is 1. The first kappa shape index (κ1) is 29.0. The largest absolute Gasteiger partial charge is 0.490 e. The first-order valence-electron chi connectivity index (χ1n) is 13.1. The summed E-state index contributed by atoms with van der Waals surface area (Å²) in [6.07, 6.45) is 0. The van der Waals surface area contributed by atoms with E-state index >= 15 is 0 Å². The number of hydrogen-bond acceptors (Lipinski definition) is 9. The Morgan fingerprint density at radius 1 is 1.02 bits per heavy atom. The second-order valence-electron chi connectivity index (χ2n) is 9.37. The molecule has 1 aliphatic rings. The van der Waals surface area contributed by atoms with Gasteiger partial charge in [0.15, 0.2) is 11.5 Å². The molecule has 1 aliphatic heterocycles. The highest BCUT2D eigenvalue weighted by molar-refractivity contribution is 6.30. The van der Waals surface area contributed by atoms with Crippen molar-refractivity contribution in [2.24, 2.45) is 5.73 Å². The molecule has 0 amide bonds. The zero-order valence-electron chi connectivity index (χ0n) is 22.8. The van der Waals surface area contributed by atoms with E-state index in [1.807, 2.05) is 25.1 Å². The highest BCUT2D eigenvalue weighted by Gasteiger charge is 2.32. The zero-order valence-corrected chi connectivity index (χ0v) is 23.5. The maximum atomic E-state index is 12.7. The first-order chi connectivity index (χ1) is 20.8. The van der Waals surface area contributed by atoms with Crippen LogP contribution in [0.4, 0.5) is 5.69 Å². The molecular formula is C32H24ClN3O7. The molecule has 0 radical (unpaired) electrons. The van der Waals surface area contributed by atoms with Gasteiger partial charge in [-0.1, -0.05) is 35.9 Å². The van der Waals surface area contributed by atoms with Crippen LogP contribution in [0, 0.1) is 21.4 Å². The Morgan fingerprint density at radius 3 is 2.44 bits per heavy atom. The molecule has 10 nitrogen and oxygen atoms in total. The van der Waals surface area contributed by atoms with Crippen molar-refractivity contribution in [1.29, 1.82) is 5.26 Å². The van der Waals surface area contributed by atoms with Gasteiger partial charge in [-0.05, 0) is 60.5 Å². The quantitative estimate of drug-likeness (QED) is 0.0967. The number of nitriles is 1. The lowest BCUT2D eigenvalue weighted by atomic mass is 9.83. The molecule has 4 aromatic carbocycles. The van der Waals surface area contributed by atoms with E-state index in [4.69, 9.17) is 36.3 Å². The van der Waals surface area contributed by atoms with E-state index in [1.165, 1.54) is 30.3 Å². The van der Waals surface area contributed by atoms with Crippen LogP contribution in [-0.2, 0) is 6.61 Å². The highest BCUT2D eigenvalue weighted by atomic mass is 35.5. The third-order valence-electron chi connectivity index (χ3n) is 6.62. The van der Waals surface area contributed by atoms with Crippen molar-refractivity contribution >= 4 is 23.3 Å². The molecule has 43 heavy (non-hydrogen) atoms. The van der Waals surface area contributed by atoms with E-state index < -0.39 is 16.8 Å². The van der Waals surface area contributed by atoms with Crippen LogP contribution in [0.15, 0.2) is 96.4 Å². The average molecular weight is 598 g/mol. The van der Waals surface area contributed by atoms with Crippen molar-refractivity contribution in [2.45, 2.75) is 19.4 Å². The maximum Gasteiger partial charge on any atom is 0.343 e. The predicted octanol–water partition coefficient (Wildman–Crippen LogP) is 6.66. The zero-order chi connectivity index (χ0) is 30.5. The molecule has 0 saturated carbocycles. The molecule has 1 heterocycles. The van der Waals surface area contributed by atoms with Gasteiger partial charge in [0.05, 0.1) is 23.0 Å². The van der Waals surface area contributed by atoms with Crippen molar-refractivity contribution < 1.29 is 28.7 Å². The van der Waals surface area contributed by atoms with Crippen molar-refractivity contribution in [3.05, 3.63) is 134 Å². The van der Waals surface area contributed by atoms with E-state index in [0.717, 1.165) is 5.56 Å². The summed E-state index contributed by atoms with van der Waals surface area (Å²) < 4.78 is 23.2. The van der Waals surface area contributed by atoms with Crippen LogP contribution < -0.4 is 24.7 Å². The minimum Gasteiger partial charge on any atom is -0.490 e. The number of rotatable bonds is 9. The molecule has 0 bridgehead atoms. The summed E-state index contributed by atoms with van der Waals surface area (Å²) in [6, 6.07) is 24.7. The third-order valence-corrected chi connectivity index (χ3v) is 6.88. The van der Waals surface area contributed by atoms with E-state index in [1.54, 1.807) is 36.4 Å². The molecule has 0 spiro atoms. The van der Waals surface area contributed by atoms with Crippen molar-refractivity contribution in [3.8, 4) is 29.1 Å². The number of carbonyl (C=O) groups excluding carboxylic acids is 1. The van der Waals surface area contributed by atoms with Gasteiger partial charge in [-0.2, -0.15) is 5.26 Å². The fourth-order valence-electron chi connectivity index (χ4n) is 4.56. The number of allylic oxidation sites excluding steroid dienone is 1. The summed E-state index contributed by atoms with van der Waals surface area (Å²) in [5, 5.41) is 21.5. The van der Waals surface area contributed by atoms with Crippen molar-refractivity contribution in [3.63, 3.8) is 0 Å². The molecule has 4 aromatic rings. The second kappa shape index (κ2) is 12.5. The lowest BCUT2D eigenvalue weighted by Crippen LogP contribution is -2.21. The fourth-order valence-corrected chi connectivity index (χ4v) is 4.69. The Morgan fingerprint density at radius 2 is 1.77 bits per heavy atom. The molecule has 216 valence electrons. The minimum atomic E-state index is -0.709. The van der Waals surface area contributed by atoms with Gasteiger partial charge >= 0.3 is 5.97 Å². The number of benzene rings is 4. The van der Waals surface area contributed by atoms with E-state index in [0.29, 0.717) is 46.6 Å². The van der Waals surface area contributed by atoms with Gasteiger partial charge in [0.25, 0.3) is 5.69 Å². The normalized spacial score (nSPS) is 13.7. The van der Waals surface area contributed by atoms with Crippen LogP contribution >= 0.6 is 11.6 Å². The predicted molar refractivity (Wildman–Crippen MR) is 157 cm³/mol. The van der Waals surface area contributed by atoms with Crippen LogP contribution in [0.3, 0.4) is 0 Å². The first-order valence-corrected chi connectivity index (χ1v) is 13.5. The number of halogens is 1. The number of nitro groups is 1. The van der Waals surface area contributed by atoms with Crippen LogP contribution in [0.5, 0.6) is 23.0 Å². The molecule has 0 aliphatic carbocycles. The molecule has 0 fully saturated rings. The number of fused-ring (bicyclic) bond motifs is 1. The van der Waals surface area contributed by atoms with Crippen LogP contribution in [0.2, 0.25) is 5.02 Å². The molecule has 1 atom stereocenters. The highest BCUT2D eigenvalue weighted by Crippen LogP contribution is 2.45. The topological polar surface area (TPSA) is 147 Å². The Hall–Kier alpha value is -5.53. The Labute approximate surface area is 251 Å². The van der Waals surface area contributed by atoms with Crippen LogP contribution in [0.25, 0.3) is 0 Å². The van der Waals surface area contributed by atoms with Gasteiger partial charge in [0.2, 0.25) is 5.88 Å². The summed E-state index contributed by atoms with van der Waals surface area (Å²) in [4.78, 5) is 23.0. The minimum absolute atomic E-state index is 0.0835. The lowest BCUT2D eigenvalue weighted by molar-refractivity contribution is -0.384.